The van der Waals surface area contributed by atoms with Crippen molar-refractivity contribution in [3.8, 4) is 0 Å². The topological polar surface area (TPSA) is 131 Å². The van der Waals surface area contributed by atoms with Crippen LogP contribution in [0.15, 0.2) is 48.5 Å². The molecule has 0 amide bonds. The Kier molecular flexibility index (Phi) is 15.9. The van der Waals surface area contributed by atoms with E-state index in [1.54, 1.807) is 7.11 Å². The van der Waals surface area contributed by atoms with E-state index in [2.05, 4.69) is 63.3 Å². The Morgan fingerprint density at radius 2 is 1.13 bits per heavy atom. The molecule has 53 heavy (non-hydrogen) atoms. The number of ether oxygens (including phenoxy) is 2. The molecule has 3 N–H and O–H groups in total. The van der Waals surface area contributed by atoms with Gasteiger partial charge in [0, 0.05) is 73.3 Å². The monoisotopic (exact) mass is 796 g/mol. The number of piperidine rings is 2. The minimum absolute atomic E-state index is 0.0455. The van der Waals surface area contributed by atoms with Crippen LogP contribution in [0, 0.1) is 23.7 Å². The number of nitrogens with two attached hydrogens (primary N) is 1. The summed E-state index contributed by atoms with van der Waals surface area (Å²) in [5, 5.41) is 0. The number of benzene rings is 2. The molecule has 6 atom stereocenters. The number of likely N-dealkylation sites (tertiary alicyclic amines) is 2. The van der Waals surface area contributed by atoms with Gasteiger partial charge in [-0.3, -0.25) is 4.72 Å². The number of rotatable bonds is 18. The second-order valence-corrected chi connectivity index (χ2v) is 20.6. The Morgan fingerprint density at radius 1 is 0.717 bits per heavy atom. The number of anilines is 2. The molecule has 2 saturated carbocycles. The summed E-state index contributed by atoms with van der Waals surface area (Å²) in [5.74, 6) is 2.73. The van der Waals surface area contributed by atoms with Crippen molar-refractivity contribution in [2.24, 2.45) is 23.7 Å². The van der Waals surface area contributed by atoms with Gasteiger partial charge in [0.05, 0.1) is 25.7 Å². The van der Waals surface area contributed by atoms with E-state index < -0.39 is 19.1 Å². The second kappa shape index (κ2) is 19.3. The van der Waals surface area contributed by atoms with Crippen LogP contribution in [0.2, 0.25) is 0 Å². The summed E-state index contributed by atoms with van der Waals surface area (Å²) < 4.78 is 55.7. The quantitative estimate of drug-likeness (QED) is 0.0979. The van der Waals surface area contributed by atoms with Crippen LogP contribution in [-0.4, -0.2) is 106 Å². The van der Waals surface area contributed by atoms with E-state index in [1.165, 1.54) is 94.9 Å². The molecule has 10 nitrogen and oxygen atoms in total. The van der Waals surface area contributed by atoms with Crippen LogP contribution in [0.5, 0.6) is 0 Å². The Labute approximate surface area is 325 Å². The number of hydrogen-bond donors (Lipinski definition) is 2. The van der Waals surface area contributed by atoms with Crippen molar-refractivity contribution in [1.29, 1.82) is 0 Å². The zero-order chi connectivity index (χ0) is 38.9. The second-order valence-electron chi connectivity index (χ2n) is 15.8. The van der Waals surface area contributed by atoms with E-state index in [4.69, 9.17) is 15.2 Å². The molecule has 0 bridgehead atoms. The highest BCUT2D eigenvalue weighted by atomic mass is 35.7. The van der Waals surface area contributed by atoms with Crippen LogP contribution in [0.4, 0.5) is 11.4 Å². The van der Waals surface area contributed by atoms with Gasteiger partial charge >= 0.3 is 0 Å². The number of halogens is 1. The highest BCUT2D eigenvalue weighted by molar-refractivity contribution is 8.13. The molecule has 13 heteroatoms. The molecule has 2 saturated heterocycles. The lowest BCUT2D eigenvalue weighted by Gasteiger charge is -2.27. The van der Waals surface area contributed by atoms with Crippen LogP contribution < -0.4 is 10.5 Å². The van der Waals surface area contributed by atoms with Gasteiger partial charge in [-0.15, -0.1) is 0 Å². The fourth-order valence-corrected chi connectivity index (χ4v) is 9.92. The van der Waals surface area contributed by atoms with Crippen molar-refractivity contribution < 1.29 is 26.3 Å². The van der Waals surface area contributed by atoms with Crippen LogP contribution in [0.3, 0.4) is 0 Å². The van der Waals surface area contributed by atoms with Gasteiger partial charge in [0.1, 0.15) is 0 Å². The zero-order valence-corrected chi connectivity index (χ0v) is 35.2. The van der Waals surface area contributed by atoms with E-state index in [9.17, 15) is 16.8 Å². The molecule has 2 unspecified atom stereocenters. The molecule has 0 aromatic heterocycles. The first-order valence-corrected chi connectivity index (χ1v) is 24.0. The number of hydrogen-bond acceptors (Lipinski definition) is 9. The van der Waals surface area contributed by atoms with E-state index >= 15 is 0 Å². The molecule has 2 aliphatic carbocycles. The number of nitrogen functional groups attached to an aromatic ring is 1. The van der Waals surface area contributed by atoms with Gasteiger partial charge in [0.2, 0.25) is 19.1 Å². The van der Waals surface area contributed by atoms with Crippen LogP contribution in [-0.2, 0) is 39.4 Å². The van der Waals surface area contributed by atoms with Gasteiger partial charge < -0.3 is 25.0 Å². The first-order chi connectivity index (χ1) is 25.1. The molecule has 0 spiro atoms. The smallest absolute Gasteiger partial charge is 0.229 e. The maximum atomic E-state index is 11.5. The standard InChI is InChI=1S/C20H32N2O3S.C19H30N2O.CH3ClO2S/c1-4-5-6-7-11-22-13-18-19(14-22)20(18,15-25-2)16-9-8-10-17(12-16)21-26(3,23)24;1-3-4-5-6-10-21-12-17-18(13-21)19(17,14-22-2)15-8-7-9-16(20)11-15;1-5(2,3)4/h8-10,12,18-19,21H,4-7,11,13-15H2,1-3H3;7-9,11,17-18H,3-6,10,12-14,20H2,1-2H3;1H3/t18-,19+,20?;17-,18+,19?;. The van der Waals surface area contributed by atoms with Crippen molar-refractivity contribution in [3.05, 3.63) is 59.7 Å². The Hall–Kier alpha value is -1.93. The van der Waals surface area contributed by atoms with Crippen molar-refractivity contribution >= 4 is 41.1 Å². The van der Waals surface area contributed by atoms with Crippen LogP contribution >= 0.6 is 10.7 Å². The first-order valence-electron chi connectivity index (χ1n) is 19.4. The molecule has 6 rings (SSSR count). The fourth-order valence-electron chi connectivity index (χ4n) is 9.36. The number of nitrogens with one attached hydrogen (secondary N) is 1. The van der Waals surface area contributed by atoms with Crippen molar-refractivity contribution in [3.63, 3.8) is 0 Å². The van der Waals surface area contributed by atoms with Crippen molar-refractivity contribution in [1.82, 2.24) is 9.80 Å². The summed E-state index contributed by atoms with van der Waals surface area (Å²) in [6.45, 7) is 13.2. The molecular weight excluding hydrogens is 732 g/mol. The van der Waals surface area contributed by atoms with E-state index in [0.29, 0.717) is 24.1 Å². The number of methoxy groups -OCH3 is 2. The predicted molar refractivity (Wildman–Crippen MR) is 219 cm³/mol. The molecule has 0 radical (unpaired) electrons. The van der Waals surface area contributed by atoms with E-state index in [-0.39, 0.29) is 10.8 Å². The maximum absolute atomic E-state index is 11.5. The Morgan fingerprint density at radius 3 is 1.51 bits per heavy atom. The van der Waals surface area contributed by atoms with E-state index in [1.807, 2.05) is 31.4 Å². The molecule has 2 aromatic carbocycles. The molecular formula is C40H65ClN4O6S2. The fraction of sp³-hybridized carbons (Fsp3) is 0.700. The highest BCUT2D eigenvalue weighted by Crippen LogP contribution is 2.64. The average Bonchev–Trinajstić information content (AvgIpc) is 3.61. The lowest BCUT2D eigenvalue weighted by atomic mass is 9.90. The molecule has 2 aliphatic heterocycles. The third kappa shape index (κ3) is 11.8. The molecule has 2 aromatic rings. The number of unbranched alkanes of at least 4 members (excludes halogenated alkanes) is 6. The van der Waals surface area contributed by atoms with Gasteiger partial charge in [-0.2, -0.15) is 0 Å². The lowest BCUT2D eigenvalue weighted by Crippen LogP contribution is -2.33. The molecule has 2 heterocycles. The molecule has 4 fully saturated rings. The third-order valence-corrected chi connectivity index (χ3v) is 12.4. The number of fused-ring (bicyclic) bond motifs is 2. The summed E-state index contributed by atoms with van der Waals surface area (Å²) in [4.78, 5) is 5.25. The number of nitrogens with zero attached hydrogens (tertiary/aromatic N) is 2. The molecule has 4 aliphatic rings. The van der Waals surface area contributed by atoms with Crippen molar-refractivity contribution in [2.45, 2.75) is 76.0 Å². The minimum Gasteiger partial charge on any atom is -0.399 e. The average molecular weight is 798 g/mol. The van der Waals surface area contributed by atoms with Gasteiger partial charge in [0.25, 0.3) is 0 Å². The lowest BCUT2D eigenvalue weighted by molar-refractivity contribution is 0.142. The first kappa shape index (κ1) is 43.8. The zero-order valence-electron chi connectivity index (χ0n) is 32.9. The summed E-state index contributed by atoms with van der Waals surface area (Å²) >= 11 is 0. The van der Waals surface area contributed by atoms with Gasteiger partial charge in [-0.1, -0.05) is 76.6 Å². The third-order valence-electron chi connectivity index (χ3n) is 11.8. The SMILES string of the molecule is CCCCCCN1C[C@@H]2[C@H](C1)C2(COC)c1cccc(N)c1.CCCCCCN1C[C@@H]2[C@H](C1)C2(COC)c1cccc(NS(C)(=O)=O)c1.CS(=O)(=O)Cl. The largest absolute Gasteiger partial charge is 0.399 e. The normalized spacial score (nSPS) is 27.5. The number of sulfonamides is 1. The maximum Gasteiger partial charge on any atom is 0.229 e. The Balaban J connectivity index is 0.000000212. The van der Waals surface area contributed by atoms with E-state index in [0.717, 1.165) is 43.5 Å². The van der Waals surface area contributed by atoms with Gasteiger partial charge in [-0.25, -0.2) is 16.8 Å². The summed E-state index contributed by atoms with van der Waals surface area (Å²) in [7, 11) is 1.63. The van der Waals surface area contributed by atoms with Crippen molar-refractivity contribution in [2.75, 3.05) is 89.7 Å². The predicted octanol–water partition coefficient (Wildman–Crippen LogP) is 6.56. The van der Waals surface area contributed by atoms with Crippen LogP contribution in [0.25, 0.3) is 0 Å². The van der Waals surface area contributed by atoms with Gasteiger partial charge in [0.15, 0.2) is 0 Å². The summed E-state index contributed by atoms with van der Waals surface area (Å²) in [6, 6.07) is 16.3. The Bertz CT molecular complexity index is 1640. The summed E-state index contributed by atoms with van der Waals surface area (Å²) in [5.41, 5.74) is 10.4. The van der Waals surface area contributed by atoms with Gasteiger partial charge in [-0.05, 0) is 85.0 Å². The molecule has 300 valence electrons. The minimum atomic E-state index is -3.26. The summed E-state index contributed by atoms with van der Waals surface area (Å²) in [6.07, 6.45) is 12.7. The highest BCUT2D eigenvalue weighted by Gasteiger charge is 2.69. The van der Waals surface area contributed by atoms with Crippen LogP contribution in [0.1, 0.15) is 76.3 Å².